The van der Waals surface area contributed by atoms with Crippen LogP contribution in [0.2, 0.25) is 0 Å². The Labute approximate surface area is 176 Å². The molecule has 2 amide bonds. The second-order valence-electron chi connectivity index (χ2n) is 6.76. The van der Waals surface area contributed by atoms with Gasteiger partial charge in [0.1, 0.15) is 5.76 Å². The fourth-order valence-electron chi connectivity index (χ4n) is 3.25. The number of aliphatic hydroxyl groups is 1. The van der Waals surface area contributed by atoms with Crippen molar-refractivity contribution in [3.63, 3.8) is 0 Å². The predicted octanol–water partition coefficient (Wildman–Crippen LogP) is 2.21. The molecule has 0 bridgehead atoms. The average molecular weight is 447 g/mol. The Balaban J connectivity index is 1.55. The summed E-state index contributed by atoms with van der Waals surface area (Å²) in [6, 6.07) is 12.1. The SMILES string of the molecule is O=C1CCC(=O)N1c1ccc(S(=O)(=O)NC[C@@](O)(c2ccco2)c2cccs2)cc1. The Bertz CT molecular complexity index is 1100. The maximum atomic E-state index is 12.8. The fraction of sp³-hybridized carbons (Fsp3) is 0.200. The van der Waals surface area contributed by atoms with E-state index in [0.717, 1.165) is 4.90 Å². The number of amides is 2. The Morgan fingerprint density at radius 3 is 2.33 bits per heavy atom. The number of benzene rings is 1. The van der Waals surface area contributed by atoms with Gasteiger partial charge in [-0.25, -0.2) is 13.1 Å². The number of carbonyl (C=O) groups is 2. The molecular weight excluding hydrogens is 428 g/mol. The van der Waals surface area contributed by atoms with Gasteiger partial charge >= 0.3 is 0 Å². The van der Waals surface area contributed by atoms with Crippen LogP contribution in [-0.4, -0.2) is 31.9 Å². The van der Waals surface area contributed by atoms with Gasteiger partial charge in [-0.2, -0.15) is 0 Å². The van der Waals surface area contributed by atoms with Crippen LogP contribution in [0.4, 0.5) is 5.69 Å². The van der Waals surface area contributed by atoms with Crippen LogP contribution in [0.15, 0.2) is 69.5 Å². The molecule has 0 radical (unpaired) electrons. The molecule has 30 heavy (non-hydrogen) atoms. The maximum absolute atomic E-state index is 12.8. The van der Waals surface area contributed by atoms with Gasteiger partial charge in [-0.3, -0.25) is 14.5 Å². The first-order valence-corrected chi connectivity index (χ1v) is 11.4. The van der Waals surface area contributed by atoms with E-state index in [1.807, 2.05) is 0 Å². The molecule has 1 atom stereocenters. The Kier molecular flexibility index (Phi) is 5.33. The molecule has 0 unspecified atom stereocenters. The summed E-state index contributed by atoms with van der Waals surface area (Å²) in [6.45, 7) is -0.339. The number of rotatable bonds is 7. The van der Waals surface area contributed by atoms with E-state index in [-0.39, 0.29) is 41.9 Å². The van der Waals surface area contributed by atoms with Crippen LogP contribution in [0.1, 0.15) is 23.5 Å². The van der Waals surface area contributed by atoms with E-state index in [1.165, 1.54) is 41.9 Å². The molecule has 8 nitrogen and oxygen atoms in total. The van der Waals surface area contributed by atoms with Gasteiger partial charge in [-0.05, 0) is 47.8 Å². The van der Waals surface area contributed by atoms with E-state index >= 15 is 0 Å². The van der Waals surface area contributed by atoms with Crippen molar-refractivity contribution in [2.75, 3.05) is 11.4 Å². The molecule has 1 saturated heterocycles. The van der Waals surface area contributed by atoms with Crippen molar-refractivity contribution in [3.05, 3.63) is 70.8 Å². The first kappa shape index (κ1) is 20.5. The zero-order valence-corrected chi connectivity index (χ0v) is 17.3. The second-order valence-corrected chi connectivity index (χ2v) is 9.47. The van der Waals surface area contributed by atoms with Gasteiger partial charge in [-0.1, -0.05) is 6.07 Å². The van der Waals surface area contributed by atoms with Crippen molar-refractivity contribution in [2.24, 2.45) is 0 Å². The maximum Gasteiger partial charge on any atom is 0.240 e. The summed E-state index contributed by atoms with van der Waals surface area (Å²) in [7, 11) is -3.98. The van der Waals surface area contributed by atoms with Gasteiger partial charge in [0.2, 0.25) is 21.8 Å². The highest BCUT2D eigenvalue weighted by Gasteiger charge is 2.37. The largest absolute Gasteiger partial charge is 0.466 e. The third-order valence-corrected chi connectivity index (χ3v) is 7.27. The Hall–Kier alpha value is -2.79. The number of sulfonamides is 1. The lowest BCUT2D eigenvalue weighted by atomic mass is 9.99. The molecule has 4 rings (SSSR count). The van der Waals surface area contributed by atoms with E-state index in [2.05, 4.69) is 4.72 Å². The van der Waals surface area contributed by atoms with Gasteiger partial charge < -0.3 is 9.52 Å². The van der Waals surface area contributed by atoms with Crippen LogP contribution in [0.25, 0.3) is 0 Å². The van der Waals surface area contributed by atoms with Crippen LogP contribution in [0.3, 0.4) is 0 Å². The second kappa shape index (κ2) is 7.80. The molecule has 1 aromatic carbocycles. The number of nitrogens with one attached hydrogen (secondary N) is 1. The lowest BCUT2D eigenvalue weighted by Gasteiger charge is -2.25. The van der Waals surface area contributed by atoms with Gasteiger partial charge in [-0.15, -0.1) is 11.3 Å². The molecule has 2 N–H and O–H groups in total. The van der Waals surface area contributed by atoms with Crippen molar-refractivity contribution in [1.29, 1.82) is 0 Å². The molecule has 3 aromatic rings. The molecule has 3 heterocycles. The van der Waals surface area contributed by atoms with Crippen molar-refractivity contribution in [3.8, 4) is 0 Å². The van der Waals surface area contributed by atoms with Crippen LogP contribution < -0.4 is 9.62 Å². The van der Waals surface area contributed by atoms with Gasteiger partial charge in [0.15, 0.2) is 5.60 Å². The number of anilines is 1. The Morgan fingerprint density at radius 2 is 1.77 bits per heavy atom. The van der Waals surface area contributed by atoms with Crippen molar-refractivity contribution < 1.29 is 27.5 Å². The van der Waals surface area contributed by atoms with Crippen LogP contribution in [0, 0.1) is 0 Å². The number of imide groups is 1. The summed E-state index contributed by atoms with van der Waals surface area (Å²) < 4.78 is 33.3. The third-order valence-electron chi connectivity index (χ3n) is 4.83. The zero-order valence-electron chi connectivity index (χ0n) is 15.6. The first-order chi connectivity index (χ1) is 14.3. The summed E-state index contributed by atoms with van der Waals surface area (Å²) in [4.78, 5) is 25.2. The topological polar surface area (TPSA) is 117 Å². The van der Waals surface area contributed by atoms with Crippen molar-refractivity contribution in [1.82, 2.24) is 4.72 Å². The number of hydrogen-bond acceptors (Lipinski definition) is 7. The van der Waals surface area contributed by atoms with E-state index < -0.39 is 15.6 Å². The third kappa shape index (κ3) is 3.70. The van der Waals surface area contributed by atoms with Crippen LogP contribution in [0.5, 0.6) is 0 Å². The minimum absolute atomic E-state index is 0.0571. The van der Waals surface area contributed by atoms with Gasteiger partial charge in [0.05, 0.1) is 23.4 Å². The molecule has 0 spiro atoms. The molecule has 0 aliphatic carbocycles. The normalized spacial score (nSPS) is 16.8. The fourth-order valence-corrected chi connectivity index (χ4v) is 5.13. The van der Waals surface area contributed by atoms with E-state index in [4.69, 9.17) is 4.42 Å². The van der Waals surface area contributed by atoms with Crippen molar-refractivity contribution >= 4 is 38.9 Å². The molecule has 1 aliphatic heterocycles. The Morgan fingerprint density at radius 1 is 1.07 bits per heavy atom. The van der Waals surface area contributed by atoms with E-state index in [0.29, 0.717) is 10.6 Å². The molecule has 1 fully saturated rings. The minimum atomic E-state index is -3.98. The highest BCUT2D eigenvalue weighted by Crippen LogP contribution is 2.33. The number of thiophene rings is 1. The summed E-state index contributed by atoms with van der Waals surface area (Å²) in [5.74, 6) is -0.407. The number of hydrogen-bond donors (Lipinski definition) is 2. The number of nitrogens with zero attached hydrogens (tertiary/aromatic N) is 1. The van der Waals surface area contributed by atoms with Gasteiger partial charge in [0.25, 0.3) is 0 Å². The van der Waals surface area contributed by atoms with E-state index in [9.17, 15) is 23.1 Å². The molecule has 156 valence electrons. The lowest BCUT2D eigenvalue weighted by molar-refractivity contribution is -0.121. The zero-order chi connectivity index (χ0) is 21.4. The minimum Gasteiger partial charge on any atom is -0.466 e. The van der Waals surface area contributed by atoms with Crippen LogP contribution >= 0.6 is 11.3 Å². The summed E-state index contributed by atoms with van der Waals surface area (Å²) in [5, 5.41) is 13.0. The molecule has 0 saturated carbocycles. The summed E-state index contributed by atoms with van der Waals surface area (Å²) in [6.07, 6.45) is 1.70. The quantitative estimate of drug-likeness (QED) is 0.538. The molecule has 10 heteroatoms. The van der Waals surface area contributed by atoms with E-state index in [1.54, 1.807) is 29.6 Å². The summed E-state index contributed by atoms with van der Waals surface area (Å²) >= 11 is 1.28. The smallest absolute Gasteiger partial charge is 0.240 e. The monoisotopic (exact) mass is 446 g/mol. The predicted molar refractivity (Wildman–Crippen MR) is 109 cm³/mol. The van der Waals surface area contributed by atoms with Crippen molar-refractivity contribution in [2.45, 2.75) is 23.3 Å². The standard InChI is InChI=1S/C20H18N2O6S2/c23-18-9-10-19(24)22(18)14-5-7-15(8-6-14)30(26,27)21-13-20(25,16-3-1-11-28-16)17-4-2-12-29-17/h1-8,11-12,21,25H,9-10,13H2/t20-/m1/s1. The molecule has 1 aliphatic rings. The molecular formula is C20H18N2O6S2. The average Bonchev–Trinajstić information content (AvgIpc) is 3.50. The highest BCUT2D eigenvalue weighted by atomic mass is 32.2. The first-order valence-electron chi connectivity index (χ1n) is 9.07. The lowest BCUT2D eigenvalue weighted by Crippen LogP contribution is -2.40. The highest BCUT2D eigenvalue weighted by molar-refractivity contribution is 7.89. The number of carbonyl (C=O) groups excluding carboxylic acids is 2. The summed E-state index contributed by atoms with van der Waals surface area (Å²) in [5.41, 5.74) is -1.34. The number of furan rings is 1. The molecule has 2 aromatic heterocycles. The van der Waals surface area contributed by atoms with Gasteiger partial charge in [0, 0.05) is 17.7 Å². The van der Waals surface area contributed by atoms with Crippen LogP contribution in [-0.2, 0) is 25.2 Å².